The molecule has 0 aromatic carbocycles. The highest BCUT2D eigenvalue weighted by Gasteiger charge is 2.29. The van der Waals surface area contributed by atoms with Crippen molar-refractivity contribution in [2.45, 2.75) is 38.5 Å². The van der Waals surface area contributed by atoms with Crippen LogP contribution in [-0.4, -0.2) is 19.1 Å². The van der Waals surface area contributed by atoms with Gasteiger partial charge in [-0.1, -0.05) is 0 Å². The van der Waals surface area contributed by atoms with E-state index in [0.717, 1.165) is 32.2 Å². The summed E-state index contributed by atoms with van der Waals surface area (Å²) in [5.74, 6) is 1.51. The lowest BCUT2D eigenvalue weighted by molar-refractivity contribution is -0.150. The summed E-state index contributed by atoms with van der Waals surface area (Å²) in [4.78, 5) is 11.7. The first-order valence-corrected chi connectivity index (χ1v) is 6.16. The van der Waals surface area contributed by atoms with Crippen molar-refractivity contribution < 1.29 is 9.53 Å². The van der Waals surface area contributed by atoms with Gasteiger partial charge in [-0.2, -0.15) is 0 Å². The quantitative estimate of drug-likeness (QED) is 0.720. The molecule has 0 saturated heterocycles. The average molecular weight is 211 g/mol. The van der Waals surface area contributed by atoms with Gasteiger partial charge in [0.2, 0.25) is 0 Å². The van der Waals surface area contributed by atoms with Gasteiger partial charge in [0.25, 0.3) is 0 Å². The Bertz CT molecular complexity index is 218. The van der Waals surface area contributed by atoms with Gasteiger partial charge in [-0.25, -0.2) is 0 Å². The smallest absolute Gasteiger partial charge is 0.308 e. The van der Waals surface area contributed by atoms with Crippen LogP contribution in [0.25, 0.3) is 0 Å². The van der Waals surface area contributed by atoms with Crippen LogP contribution in [0.3, 0.4) is 0 Å². The Labute approximate surface area is 91.4 Å². The first kappa shape index (κ1) is 10.9. The van der Waals surface area contributed by atoms with E-state index in [4.69, 9.17) is 10.5 Å². The number of ether oxygens (including phenoxy) is 1. The molecule has 2 fully saturated rings. The highest BCUT2D eigenvalue weighted by Crippen LogP contribution is 2.31. The molecule has 3 nitrogen and oxygen atoms in total. The zero-order valence-corrected chi connectivity index (χ0v) is 9.28. The Kier molecular flexibility index (Phi) is 3.62. The molecule has 0 bridgehead atoms. The Balaban J connectivity index is 1.66. The largest absolute Gasteiger partial charge is 0.465 e. The number of carbonyl (C=O) groups is 1. The molecule has 3 heteroatoms. The fraction of sp³-hybridized carbons (Fsp3) is 0.917. The molecule has 0 spiro atoms. The molecular formula is C12H21NO2. The monoisotopic (exact) mass is 211 g/mol. The van der Waals surface area contributed by atoms with Crippen LogP contribution < -0.4 is 5.73 Å². The molecule has 0 atom stereocenters. The van der Waals surface area contributed by atoms with Crippen molar-refractivity contribution in [3.05, 3.63) is 0 Å². The molecule has 0 radical (unpaired) electrons. The van der Waals surface area contributed by atoms with Crippen LogP contribution >= 0.6 is 0 Å². The van der Waals surface area contributed by atoms with E-state index >= 15 is 0 Å². The van der Waals surface area contributed by atoms with Gasteiger partial charge in [-0.15, -0.1) is 0 Å². The highest BCUT2D eigenvalue weighted by molar-refractivity contribution is 5.72. The third-order valence-corrected chi connectivity index (χ3v) is 3.67. The van der Waals surface area contributed by atoms with Gasteiger partial charge in [-0.05, 0) is 56.9 Å². The molecule has 0 aromatic rings. The lowest BCUT2D eigenvalue weighted by Gasteiger charge is -2.26. The zero-order chi connectivity index (χ0) is 10.7. The zero-order valence-electron chi connectivity index (χ0n) is 9.28. The summed E-state index contributed by atoms with van der Waals surface area (Å²) >= 11 is 0. The van der Waals surface area contributed by atoms with Gasteiger partial charge in [0.1, 0.15) is 0 Å². The second-order valence-corrected chi connectivity index (χ2v) is 5.03. The summed E-state index contributed by atoms with van der Waals surface area (Å²) < 4.78 is 5.30. The third-order valence-electron chi connectivity index (χ3n) is 3.67. The van der Waals surface area contributed by atoms with E-state index < -0.39 is 0 Å². The van der Waals surface area contributed by atoms with Crippen LogP contribution in [-0.2, 0) is 9.53 Å². The summed E-state index contributed by atoms with van der Waals surface area (Å²) in [7, 11) is 0. The minimum Gasteiger partial charge on any atom is -0.465 e. The fourth-order valence-corrected chi connectivity index (χ4v) is 2.24. The van der Waals surface area contributed by atoms with Crippen molar-refractivity contribution in [1.29, 1.82) is 0 Å². The molecule has 2 rings (SSSR count). The predicted octanol–water partition coefficient (Wildman–Crippen LogP) is 1.70. The third kappa shape index (κ3) is 3.20. The van der Waals surface area contributed by atoms with E-state index in [0.29, 0.717) is 18.4 Å². The van der Waals surface area contributed by atoms with Gasteiger partial charge in [-0.3, -0.25) is 4.79 Å². The fourth-order valence-electron chi connectivity index (χ4n) is 2.24. The van der Waals surface area contributed by atoms with E-state index in [1.807, 2.05) is 0 Å². The molecule has 2 N–H and O–H groups in total. The maximum absolute atomic E-state index is 11.7. The maximum Gasteiger partial charge on any atom is 0.308 e. The van der Waals surface area contributed by atoms with E-state index in [2.05, 4.69) is 0 Å². The highest BCUT2D eigenvalue weighted by atomic mass is 16.5. The number of nitrogens with two attached hydrogens (primary N) is 1. The molecule has 2 saturated carbocycles. The second kappa shape index (κ2) is 4.97. The summed E-state index contributed by atoms with van der Waals surface area (Å²) in [6.45, 7) is 1.43. The predicted molar refractivity (Wildman–Crippen MR) is 58.2 cm³/mol. The number of rotatable bonds is 4. The van der Waals surface area contributed by atoms with Crippen LogP contribution in [0.4, 0.5) is 0 Å². The van der Waals surface area contributed by atoms with Gasteiger partial charge in [0.05, 0.1) is 12.5 Å². The number of carbonyl (C=O) groups excluding carboxylic acids is 1. The number of esters is 1. The van der Waals surface area contributed by atoms with Crippen LogP contribution in [0.1, 0.15) is 38.5 Å². The topological polar surface area (TPSA) is 52.3 Å². The van der Waals surface area contributed by atoms with Crippen molar-refractivity contribution in [2.75, 3.05) is 13.2 Å². The van der Waals surface area contributed by atoms with Crippen molar-refractivity contribution >= 4 is 5.97 Å². The molecule has 0 aromatic heterocycles. The molecule has 2 aliphatic rings. The first-order valence-electron chi connectivity index (χ1n) is 6.16. The molecular weight excluding hydrogens is 190 g/mol. The second-order valence-electron chi connectivity index (χ2n) is 5.03. The molecule has 0 heterocycles. The Hall–Kier alpha value is -0.570. The van der Waals surface area contributed by atoms with Crippen LogP contribution in [0.2, 0.25) is 0 Å². The molecule has 2 aliphatic carbocycles. The average Bonchev–Trinajstić information content (AvgIpc) is 3.10. The molecule has 0 amide bonds. The molecule has 86 valence electrons. The van der Waals surface area contributed by atoms with Crippen LogP contribution in [0.5, 0.6) is 0 Å². The number of hydrogen-bond acceptors (Lipinski definition) is 3. The van der Waals surface area contributed by atoms with Crippen LogP contribution in [0, 0.1) is 17.8 Å². The molecule has 15 heavy (non-hydrogen) atoms. The Morgan fingerprint density at radius 1 is 1.07 bits per heavy atom. The Morgan fingerprint density at radius 3 is 2.20 bits per heavy atom. The minimum atomic E-state index is 0.0392. The van der Waals surface area contributed by atoms with E-state index in [1.165, 1.54) is 12.8 Å². The van der Waals surface area contributed by atoms with Crippen molar-refractivity contribution in [1.82, 2.24) is 0 Å². The lowest BCUT2D eigenvalue weighted by Crippen LogP contribution is -2.27. The Morgan fingerprint density at radius 2 is 1.67 bits per heavy atom. The number of hydrogen-bond donors (Lipinski definition) is 1. The van der Waals surface area contributed by atoms with E-state index in [1.54, 1.807) is 0 Å². The van der Waals surface area contributed by atoms with Crippen molar-refractivity contribution in [3.63, 3.8) is 0 Å². The van der Waals surface area contributed by atoms with Gasteiger partial charge in [0.15, 0.2) is 0 Å². The van der Waals surface area contributed by atoms with Crippen LogP contribution in [0.15, 0.2) is 0 Å². The first-order chi connectivity index (χ1) is 7.29. The van der Waals surface area contributed by atoms with Gasteiger partial charge in [0, 0.05) is 0 Å². The summed E-state index contributed by atoms with van der Waals surface area (Å²) in [6.07, 6.45) is 6.64. The summed E-state index contributed by atoms with van der Waals surface area (Å²) in [6, 6.07) is 0. The van der Waals surface area contributed by atoms with Gasteiger partial charge >= 0.3 is 5.97 Å². The van der Waals surface area contributed by atoms with E-state index in [-0.39, 0.29) is 11.9 Å². The normalized spacial score (nSPS) is 31.3. The van der Waals surface area contributed by atoms with Gasteiger partial charge < -0.3 is 10.5 Å². The standard InChI is InChI=1S/C12H21NO2/c13-7-9-3-5-11(6-4-9)12(14)15-8-10-1-2-10/h9-11H,1-8,13H2. The van der Waals surface area contributed by atoms with E-state index in [9.17, 15) is 4.79 Å². The van der Waals surface area contributed by atoms with Crippen molar-refractivity contribution in [3.8, 4) is 0 Å². The molecule has 0 aliphatic heterocycles. The molecule has 0 unspecified atom stereocenters. The lowest BCUT2D eigenvalue weighted by atomic mass is 9.82. The van der Waals surface area contributed by atoms with Crippen molar-refractivity contribution in [2.24, 2.45) is 23.5 Å². The summed E-state index contributed by atoms with van der Waals surface area (Å²) in [5, 5.41) is 0. The minimum absolute atomic E-state index is 0.0392. The summed E-state index contributed by atoms with van der Waals surface area (Å²) in [5.41, 5.74) is 5.62. The maximum atomic E-state index is 11.7. The SMILES string of the molecule is NCC1CCC(C(=O)OCC2CC2)CC1.